The number of amides is 1. The van der Waals surface area contributed by atoms with Crippen molar-refractivity contribution in [2.45, 2.75) is 6.92 Å². The Labute approximate surface area is 160 Å². The van der Waals surface area contributed by atoms with Crippen molar-refractivity contribution in [1.82, 2.24) is 0 Å². The quantitative estimate of drug-likeness (QED) is 0.577. The van der Waals surface area contributed by atoms with E-state index in [0.29, 0.717) is 17.5 Å². The average molecular weight is 390 g/mol. The molecule has 0 spiro atoms. The molecule has 0 bridgehead atoms. The van der Waals surface area contributed by atoms with Gasteiger partial charge in [-0.2, -0.15) is 0 Å². The molecule has 1 N–H and O–H groups in total. The second-order valence-corrected chi connectivity index (χ2v) is 5.69. The highest BCUT2D eigenvalue weighted by Crippen LogP contribution is 2.21. The van der Waals surface area contributed by atoms with E-state index in [9.17, 15) is 19.2 Å². The smallest absolute Gasteiger partial charge is 0.339 e. The first-order chi connectivity index (χ1) is 12.9. The maximum atomic E-state index is 12.0. The van der Waals surface area contributed by atoms with Crippen LogP contribution in [0.5, 0.6) is 0 Å². The van der Waals surface area contributed by atoms with Crippen LogP contribution in [0.15, 0.2) is 42.5 Å². The number of esters is 2. The first-order valence-electron chi connectivity index (χ1n) is 7.93. The normalized spacial score (nSPS) is 10.0. The zero-order chi connectivity index (χ0) is 19.8. The van der Waals surface area contributed by atoms with Crippen LogP contribution in [-0.4, -0.2) is 37.3 Å². The van der Waals surface area contributed by atoms with E-state index in [0.717, 1.165) is 0 Å². The Bertz CT molecular complexity index is 863. The molecule has 0 aromatic heterocycles. The predicted octanol–water partition coefficient (Wildman–Crippen LogP) is 3.12. The Morgan fingerprint density at radius 1 is 1.04 bits per heavy atom. The molecule has 0 unspecified atom stereocenters. The zero-order valence-corrected chi connectivity index (χ0v) is 15.1. The fourth-order valence-corrected chi connectivity index (χ4v) is 2.27. The molecule has 140 valence electrons. The number of hydrogen-bond acceptors (Lipinski definition) is 6. The zero-order valence-electron chi connectivity index (χ0n) is 14.4. The average Bonchev–Trinajstić information content (AvgIpc) is 2.67. The molecule has 8 heteroatoms. The molecule has 0 fully saturated rings. The van der Waals surface area contributed by atoms with E-state index in [1.54, 1.807) is 6.92 Å². The Kier molecular flexibility index (Phi) is 7.08. The minimum Gasteiger partial charge on any atom is -0.462 e. The molecular formula is C19H16ClNO6. The van der Waals surface area contributed by atoms with E-state index in [1.165, 1.54) is 42.5 Å². The number of carbonyl (C=O) groups excluding carboxylic acids is 4. The maximum Gasteiger partial charge on any atom is 0.339 e. The lowest BCUT2D eigenvalue weighted by Crippen LogP contribution is -2.21. The first kappa shape index (κ1) is 20.1. The summed E-state index contributed by atoms with van der Waals surface area (Å²) < 4.78 is 9.80. The lowest BCUT2D eigenvalue weighted by molar-refractivity contribution is -0.119. The Hall–Kier alpha value is -3.19. The molecule has 2 aromatic rings. The molecule has 0 atom stereocenters. The number of benzene rings is 2. The molecule has 7 nitrogen and oxygen atoms in total. The maximum absolute atomic E-state index is 12.0. The molecule has 27 heavy (non-hydrogen) atoms. The van der Waals surface area contributed by atoms with Gasteiger partial charge >= 0.3 is 11.9 Å². The van der Waals surface area contributed by atoms with Gasteiger partial charge in [0.25, 0.3) is 5.91 Å². The van der Waals surface area contributed by atoms with E-state index in [4.69, 9.17) is 21.1 Å². The van der Waals surface area contributed by atoms with Crippen LogP contribution in [-0.2, 0) is 14.3 Å². The Balaban J connectivity index is 1.95. The van der Waals surface area contributed by atoms with Gasteiger partial charge in [-0.1, -0.05) is 23.7 Å². The van der Waals surface area contributed by atoms with E-state index < -0.39 is 24.5 Å². The molecule has 2 rings (SSSR count). The number of hydrogen-bond donors (Lipinski definition) is 1. The summed E-state index contributed by atoms with van der Waals surface area (Å²) in [6.07, 6.45) is 0.652. The van der Waals surface area contributed by atoms with Gasteiger partial charge in [0.2, 0.25) is 0 Å². The van der Waals surface area contributed by atoms with Crippen molar-refractivity contribution in [1.29, 1.82) is 0 Å². The standard InChI is InChI=1S/C19H16ClNO6/c1-2-26-19(25)15-9-14(7-8-16(15)20)21-17(23)11-27-18(24)13-5-3-12(10-22)4-6-13/h3-10H,2,11H2,1H3,(H,21,23). The largest absolute Gasteiger partial charge is 0.462 e. The molecule has 0 aliphatic rings. The van der Waals surface area contributed by atoms with Crippen molar-refractivity contribution >= 4 is 41.4 Å². The first-order valence-corrected chi connectivity index (χ1v) is 8.31. The summed E-state index contributed by atoms with van der Waals surface area (Å²) in [7, 11) is 0. The highest BCUT2D eigenvalue weighted by atomic mass is 35.5. The van der Waals surface area contributed by atoms with Gasteiger partial charge in [-0.15, -0.1) is 0 Å². The third kappa shape index (κ3) is 5.65. The number of nitrogens with one attached hydrogen (secondary N) is 1. The van der Waals surface area contributed by atoms with Crippen LogP contribution in [0.2, 0.25) is 5.02 Å². The van der Waals surface area contributed by atoms with Crippen LogP contribution in [0.1, 0.15) is 38.0 Å². The molecular weight excluding hydrogens is 374 g/mol. The van der Waals surface area contributed by atoms with Crippen molar-refractivity contribution in [3.8, 4) is 0 Å². The third-order valence-electron chi connectivity index (χ3n) is 3.36. The van der Waals surface area contributed by atoms with Crippen LogP contribution in [0.4, 0.5) is 5.69 Å². The molecule has 0 radical (unpaired) electrons. The summed E-state index contributed by atoms with van der Waals surface area (Å²) in [6.45, 7) is 1.33. The van der Waals surface area contributed by atoms with Gasteiger partial charge < -0.3 is 14.8 Å². The van der Waals surface area contributed by atoms with Crippen molar-refractivity contribution in [2.75, 3.05) is 18.5 Å². The summed E-state index contributed by atoms with van der Waals surface area (Å²) in [6, 6.07) is 10.1. The Morgan fingerprint density at radius 2 is 1.74 bits per heavy atom. The second-order valence-electron chi connectivity index (χ2n) is 5.28. The molecule has 0 aliphatic carbocycles. The minimum absolute atomic E-state index is 0.114. The van der Waals surface area contributed by atoms with Crippen molar-refractivity contribution in [3.63, 3.8) is 0 Å². The van der Waals surface area contributed by atoms with Gasteiger partial charge in [-0.05, 0) is 37.3 Å². The van der Waals surface area contributed by atoms with Crippen molar-refractivity contribution in [2.24, 2.45) is 0 Å². The number of rotatable bonds is 7. The SMILES string of the molecule is CCOC(=O)c1cc(NC(=O)COC(=O)c2ccc(C=O)cc2)ccc1Cl. The highest BCUT2D eigenvalue weighted by Gasteiger charge is 2.14. The van der Waals surface area contributed by atoms with Crippen molar-refractivity contribution in [3.05, 3.63) is 64.2 Å². The van der Waals surface area contributed by atoms with E-state index >= 15 is 0 Å². The van der Waals surface area contributed by atoms with Crippen LogP contribution >= 0.6 is 11.6 Å². The molecule has 1 amide bonds. The van der Waals surface area contributed by atoms with Crippen LogP contribution in [0.3, 0.4) is 0 Å². The molecule has 0 aliphatic heterocycles. The summed E-state index contributed by atoms with van der Waals surface area (Å²) in [5, 5.41) is 2.69. The fraction of sp³-hybridized carbons (Fsp3) is 0.158. The van der Waals surface area contributed by atoms with Crippen LogP contribution in [0, 0.1) is 0 Å². The predicted molar refractivity (Wildman–Crippen MR) is 98.2 cm³/mol. The summed E-state index contributed by atoms with van der Waals surface area (Å²) in [4.78, 5) is 46.3. The van der Waals surface area contributed by atoms with E-state index in [1.807, 2.05) is 0 Å². The number of ether oxygens (including phenoxy) is 2. The number of aldehydes is 1. The van der Waals surface area contributed by atoms with Gasteiger partial charge in [0.1, 0.15) is 6.29 Å². The van der Waals surface area contributed by atoms with Gasteiger partial charge in [-0.25, -0.2) is 9.59 Å². The van der Waals surface area contributed by atoms with Crippen LogP contribution < -0.4 is 5.32 Å². The van der Waals surface area contributed by atoms with E-state index in [2.05, 4.69) is 5.32 Å². The summed E-state index contributed by atoms with van der Waals surface area (Å²) >= 11 is 5.95. The summed E-state index contributed by atoms with van der Waals surface area (Å²) in [5.41, 5.74) is 1.05. The fourth-order valence-electron chi connectivity index (χ4n) is 2.08. The lowest BCUT2D eigenvalue weighted by Gasteiger charge is -2.09. The molecule has 0 saturated heterocycles. The monoisotopic (exact) mass is 389 g/mol. The summed E-state index contributed by atoms with van der Waals surface area (Å²) in [5.74, 6) is -1.90. The Morgan fingerprint density at radius 3 is 2.37 bits per heavy atom. The van der Waals surface area contributed by atoms with Crippen LogP contribution in [0.25, 0.3) is 0 Å². The van der Waals surface area contributed by atoms with Gasteiger partial charge in [0.15, 0.2) is 6.61 Å². The topological polar surface area (TPSA) is 98.8 Å². The van der Waals surface area contributed by atoms with Gasteiger partial charge in [0.05, 0.1) is 22.8 Å². The second kappa shape index (κ2) is 9.49. The van der Waals surface area contributed by atoms with Crippen molar-refractivity contribution < 1.29 is 28.7 Å². The van der Waals surface area contributed by atoms with E-state index in [-0.39, 0.29) is 22.8 Å². The van der Waals surface area contributed by atoms with Gasteiger partial charge in [0, 0.05) is 11.3 Å². The number of halogens is 1. The third-order valence-corrected chi connectivity index (χ3v) is 3.69. The van der Waals surface area contributed by atoms with Gasteiger partial charge in [-0.3, -0.25) is 9.59 Å². The molecule has 0 saturated carbocycles. The minimum atomic E-state index is -0.703. The highest BCUT2D eigenvalue weighted by molar-refractivity contribution is 6.33. The molecule has 0 heterocycles. The number of anilines is 1. The molecule has 2 aromatic carbocycles. The number of carbonyl (C=O) groups is 4. The lowest BCUT2D eigenvalue weighted by atomic mass is 10.1.